The molecular weight excluding hydrogens is 1700 g/mol. The molecule has 12 heterocycles. The van der Waals surface area contributed by atoms with Crippen LogP contribution in [0.25, 0.3) is 0 Å². The van der Waals surface area contributed by atoms with Crippen LogP contribution in [0.3, 0.4) is 0 Å². The van der Waals surface area contributed by atoms with Crippen molar-refractivity contribution >= 4 is 36.5 Å². The predicted octanol–water partition coefficient (Wildman–Crippen LogP) is 9.85. The van der Waals surface area contributed by atoms with Crippen molar-refractivity contribution in [2.24, 2.45) is 0 Å². The van der Waals surface area contributed by atoms with E-state index in [0.717, 1.165) is 96.8 Å². The molecule has 34 heteroatoms. The number of carbonyl (C=O) groups excluding carboxylic acids is 3. The quantitative estimate of drug-likeness (QED) is 0.0396. The second-order valence-corrected chi connectivity index (χ2v) is 29.9. The molecule has 32 nitrogen and oxygen atoms in total. The van der Waals surface area contributed by atoms with E-state index in [2.05, 4.69) is 59.5 Å². The van der Waals surface area contributed by atoms with Crippen molar-refractivity contribution in [1.82, 2.24) is 49.9 Å². The Morgan fingerprint density at radius 2 is 0.832 bits per heavy atom. The number of carbonyl (C=O) groups is 4. The Hall–Kier alpha value is -12.9. The minimum absolute atomic E-state index is 0. The second kappa shape index (κ2) is 48.8. The highest BCUT2D eigenvalue weighted by atomic mass is 79.9. The number of aromatic nitrogens is 7. The number of rotatable bonds is 23. The Balaban J connectivity index is 0.000000192. The number of nitrogens with one attached hydrogen (secondary N) is 1. The molecule has 0 atom stereocenters. The summed E-state index contributed by atoms with van der Waals surface area (Å²) in [6.45, 7) is 20.7. The molecular formula is C91H109BrClN11O21. The monoisotopic (exact) mass is 1810 g/mol. The van der Waals surface area contributed by atoms with Crippen LogP contribution in [0.1, 0.15) is 107 Å². The number of amides is 3. The van der Waals surface area contributed by atoms with Crippen molar-refractivity contribution in [3.05, 3.63) is 233 Å². The number of halogens is 2. The molecule has 0 spiro atoms. The minimum atomic E-state index is -0.986. The number of benzene rings is 3. The third-order valence-electron chi connectivity index (χ3n) is 18.9. The van der Waals surface area contributed by atoms with Gasteiger partial charge in [0.1, 0.15) is 91.1 Å². The van der Waals surface area contributed by atoms with Gasteiger partial charge in [-0.15, -0.1) is 12.4 Å². The first-order valence-corrected chi connectivity index (χ1v) is 40.0. The van der Waals surface area contributed by atoms with Crippen molar-refractivity contribution in [2.75, 3.05) is 115 Å². The van der Waals surface area contributed by atoms with Crippen molar-refractivity contribution in [1.29, 1.82) is 0 Å². The summed E-state index contributed by atoms with van der Waals surface area (Å²) in [5.41, 5.74) is 8.89. The van der Waals surface area contributed by atoms with Crippen LogP contribution in [-0.2, 0) is 67.9 Å². The summed E-state index contributed by atoms with van der Waals surface area (Å²) < 4.78 is 82.3. The molecule has 125 heavy (non-hydrogen) atoms. The highest BCUT2D eigenvalue weighted by molar-refractivity contribution is 5.94. The van der Waals surface area contributed by atoms with E-state index in [9.17, 15) is 24.3 Å². The molecule has 3 N–H and O–H groups in total. The third-order valence-corrected chi connectivity index (χ3v) is 18.9. The summed E-state index contributed by atoms with van der Waals surface area (Å²) in [5.74, 6) is 7.85. The van der Waals surface area contributed by atoms with Crippen LogP contribution in [-0.4, -0.2) is 205 Å². The molecule has 0 bridgehead atoms. The zero-order valence-corrected chi connectivity index (χ0v) is 74.7. The molecule has 0 aliphatic carbocycles. The Morgan fingerprint density at radius 3 is 1.27 bits per heavy atom. The minimum Gasteiger partial charge on any atom is -1.00 e. The maximum atomic E-state index is 12.9. The lowest BCUT2D eigenvalue weighted by Crippen LogP contribution is -3.00. The van der Waals surface area contributed by atoms with Crippen LogP contribution in [0, 0.1) is 0 Å². The van der Waals surface area contributed by atoms with Gasteiger partial charge in [0.2, 0.25) is 35.6 Å². The largest absolute Gasteiger partial charge is 1.00 e. The molecule has 668 valence electrons. The van der Waals surface area contributed by atoms with Gasteiger partial charge in [-0.2, -0.15) is 4.57 Å². The first kappa shape index (κ1) is 97.6. The molecule has 0 radical (unpaired) electrons. The topological polar surface area (TPSA) is 350 Å². The molecule has 5 aliphatic heterocycles. The zero-order chi connectivity index (χ0) is 87.7. The fourth-order valence-corrected chi connectivity index (χ4v) is 12.6. The molecule has 5 aliphatic rings. The summed E-state index contributed by atoms with van der Waals surface area (Å²) in [7, 11) is 9.49. The molecule has 0 saturated carbocycles. The standard InChI is InChI=1S/C24H25N3O5.C22H28N2O5.C17H20N2O3.C13H18N2O3.C8H10NO2.C7H7NO3.BrH.ClH/c1-29-21-6-8-23(26-15-21)32-12-11-31-20-5-3-17-9-10-27(16-19(17)13-20)24(28)18-4-7-22(30-2)25-14-18;1-22(2,3)29-21(25)24-10-9-16-5-6-18(13-17(16)15-24)27-11-12-28-20-8-7-19(26-4)14-23-20;1-20-16-4-5-17(19-12-16)22-9-8-21-15-3-2-13-6-7-18-11-14(13)10-15;1-13(2,3)18-12(17)15-5-4-11-9(8-15)6-10(16)7-14-11;1-10-7-2-3-8-9(6-7)4-5-11-8;1-11-6-3-2-5(4-8-6)7(9)10;;/h3-8,13-15H,9-12,16H2,1-2H3;5-8,13-14H,9-12,15H2,1-4H3;2-5,10,12,18H,6-9,11H2,1H3;6-7,16H,4-5,8H2,1-3H3;2-3,6H,4-5H2,1H3;2-4H,1H3,(H,9,10);2*1H/q;;;;+1;;;/p-1. The summed E-state index contributed by atoms with van der Waals surface area (Å²) in [6, 6.07) is 40.8. The predicted molar refractivity (Wildman–Crippen MR) is 460 cm³/mol. The van der Waals surface area contributed by atoms with E-state index >= 15 is 0 Å². The number of hydrogen-bond acceptors (Lipinski definition) is 27. The van der Waals surface area contributed by atoms with Crippen LogP contribution in [0.5, 0.6) is 81.3 Å². The van der Waals surface area contributed by atoms with E-state index in [1.807, 2.05) is 106 Å². The summed E-state index contributed by atoms with van der Waals surface area (Å²) >= 11 is 0. The van der Waals surface area contributed by atoms with Crippen molar-refractivity contribution in [2.45, 2.75) is 111 Å². The van der Waals surface area contributed by atoms with Gasteiger partial charge in [0.15, 0.2) is 18.9 Å². The first-order chi connectivity index (χ1) is 59.3. The average molecular weight is 1810 g/mol. The fraction of sp³-hybridized carbons (Fsp3) is 0.374. The fourth-order valence-electron chi connectivity index (χ4n) is 12.6. The Bertz CT molecular complexity index is 5060. The highest BCUT2D eigenvalue weighted by Crippen LogP contribution is 2.30. The van der Waals surface area contributed by atoms with Gasteiger partial charge in [0, 0.05) is 94.1 Å². The van der Waals surface area contributed by atoms with Gasteiger partial charge in [-0.25, -0.2) is 39.3 Å². The molecule has 7 aromatic heterocycles. The number of ether oxygens (including phenoxy) is 15. The van der Waals surface area contributed by atoms with E-state index < -0.39 is 17.2 Å². The molecule has 3 amide bonds. The summed E-state index contributed by atoms with van der Waals surface area (Å²) in [5, 5.41) is 21.2. The number of fused-ring (bicyclic) bond motifs is 5. The molecule has 0 unspecified atom stereocenters. The maximum absolute atomic E-state index is 12.9. The van der Waals surface area contributed by atoms with E-state index in [0.29, 0.717) is 138 Å². The van der Waals surface area contributed by atoms with E-state index in [1.165, 1.54) is 53.9 Å². The van der Waals surface area contributed by atoms with Crippen LogP contribution >= 0.6 is 12.4 Å². The number of carboxylic acids is 1. The average Bonchev–Trinajstić information content (AvgIpc) is 1.67. The van der Waals surface area contributed by atoms with Crippen LogP contribution in [0.2, 0.25) is 0 Å². The van der Waals surface area contributed by atoms with E-state index in [1.54, 1.807) is 119 Å². The van der Waals surface area contributed by atoms with Gasteiger partial charge in [-0.05, 0) is 185 Å². The van der Waals surface area contributed by atoms with Gasteiger partial charge in [-0.1, -0.05) is 18.2 Å². The van der Waals surface area contributed by atoms with Crippen molar-refractivity contribution in [3.63, 3.8) is 0 Å². The van der Waals surface area contributed by atoms with Gasteiger partial charge < -0.3 is 118 Å². The number of methoxy groups -OCH3 is 6. The Morgan fingerprint density at radius 1 is 0.424 bits per heavy atom. The van der Waals surface area contributed by atoms with Gasteiger partial charge in [0.25, 0.3) is 5.91 Å². The summed E-state index contributed by atoms with van der Waals surface area (Å²) in [6.07, 6.45) is 13.8. The lowest BCUT2D eigenvalue weighted by molar-refractivity contribution is -0.679. The maximum Gasteiger partial charge on any atom is 0.410 e. The van der Waals surface area contributed by atoms with Gasteiger partial charge >= 0.3 is 24.0 Å². The van der Waals surface area contributed by atoms with E-state index in [-0.39, 0.29) is 58.8 Å². The van der Waals surface area contributed by atoms with Gasteiger partial charge in [-0.3, -0.25) is 9.78 Å². The number of hydrogen-bond donors (Lipinski definition) is 3. The third kappa shape index (κ3) is 31.4. The SMILES string of the molecule is CC(C)(C)OC(=O)N1CCc2ncc(O)cc2C1.COc1ccc(C(=O)O)cn1.COc1ccc(OCCOc2ccc3c(c2)CN(C(=O)OC(C)(C)C)CC3)nc1.COc1ccc(OCCOc2ccc3c(c2)CN(C(=O)c2ccc(OC)nc2)CC3)nc1.COc1ccc(OCCOc2ccc3c(c2)CNCC3)nc1.COc1ccc2[n+](c1)CCO2.Cl.[Br-]. The number of pyridine rings is 7. The Kier molecular flexibility index (Phi) is 38.1. The van der Waals surface area contributed by atoms with Crippen LogP contribution < -0.4 is 88.4 Å². The van der Waals surface area contributed by atoms with Gasteiger partial charge in [0.05, 0.1) is 91.2 Å². The normalized spacial score (nSPS) is 12.9. The smallest absolute Gasteiger partial charge is 0.410 e. The van der Waals surface area contributed by atoms with Crippen molar-refractivity contribution in [3.8, 4) is 81.3 Å². The summed E-state index contributed by atoms with van der Waals surface area (Å²) in [4.78, 5) is 77.1. The molecule has 0 fully saturated rings. The van der Waals surface area contributed by atoms with Crippen LogP contribution in [0.15, 0.2) is 177 Å². The molecule has 15 rings (SSSR count). The number of nitrogens with zero attached hydrogens (tertiary/aromatic N) is 10. The lowest BCUT2D eigenvalue weighted by Gasteiger charge is -2.31. The number of aromatic hydroxyl groups is 1. The first-order valence-electron chi connectivity index (χ1n) is 40.0. The molecule has 10 aromatic rings. The van der Waals surface area contributed by atoms with Crippen molar-refractivity contribution < 1.29 is 122 Å². The zero-order valence-electron chi connectivity index (χ0n) is 72.3. The number of carboxylic acid groups (broad SMARTS) is 1. The second-order valence-electron chi connectivity index (χ2n) is 29.9. The molecule has 0 saturated heterocycles. The molecule has 3 aromatic carbocycles. The van der Waals surface area contributed by atoms with Crippen LogP contribution in [0.4, 0.5) is 9.59 Å². The number of aromatic carboxylic acids is 1. The highest BCUT2D eigenvalue weighted by Gasteiger charge is 2.29. The van der Waals surface area contributed by atoms with E-state index in [4.69, 9.17) is 76.2 Å². The lowest BCUT2D eigenvalue weighted by atomic mass is 9.99. The Labute approximate surface area is 744 Å².